The van der Waals surface area contributed by atoms with Gasteiger partial charge in [0.25, 0.3) is 0 Å². The lowest BCUT2D eigenvalue weighted by Crippen LogP contribution is -2.46. The third kappa shape index (κ3) is 4.44. The van der Waals surface area contributed by atoms with E-state index in [1.807, 2.05) is 76.9 Å². The predicted molar refractivity (Wildman–Crippen MR) is 117 cm³/mol. The number of piperazine rings is 1. The van der Waals surface area contributed by atoms with E-state index in [0.717, 1.165) is 29.2 Å². The number of esters is 1. The molecule has 1 saturated heterocycles. The number of carbonyl (C=O) groups is 1. The topological polar surface area (TPSA) is 61.9 Å². The highest BCUT2D eigenvalue weighted by Gasteiger charge is 2.38. The Labute approximate surface area is 178 Å². The van der Waals surface area contributed by atoms with Gasteiger partial charge >= 0.3 is 5.97 Å². The third-order valence-electron chi connectivity index (χ3n) is 5.44. The molecule has 0 saturated carbocycles. The molecule has 1 N–H and O–H groups in total. The summed E-state index contributed by atoms with van der Waals surface area (Å²) in [5.41, 5.74) is 4.40. The van der Waals surface area contributed by atoms with Crippen molar-refractivity contribution in [2.75, 3.05) is 26.7 Å². The van der Waals surface area contributed by atoms with Gasteiger partial charge < -0.3 is 19.9 Å². The Balaban J connectivity index is 2.10. The first-order valence-corrected chi connectivity index (χ1v) is 10.3. The Morgan fingerprint density at radius 3 is 2.40 bits per heavy atom. The largest absolute Gasteiger partial charge is 0.457 e. The number of ether oxygens (including phenoxy) is 1. The molecule has 1 aromatic carbocycles. The number of nitrogens with zero attached hydrogens (tertiary/aromatic N) is 2. The fraction of sp³-hybridized carbons (Fsp3) is 0.458. The second-order valence-electron chi connectivity index (χ2n) is 8.91. The highest BCUT2D eigenvalue weighted by Crippen LogP contribution is 2.41. The fourth-order valence-corrected chi connectivity index (χ4v) is 4.08. The molecular formula is C24H31N3O3. The van der Waals surface area contributed by atoms with Gasteiger partial charge in [-0.3, -0.25) is 0 Å². The lowest BCUT2D eigenvalue weighted by atomic mass is 9.83. The molecule has 0 aliphatic carbocycles. The van der Waals surface area contributed by atoms with Gasteiger partial charge in [-0.15, -0.1) is 0 Å². The van der Waals surface area contributed by atoms with E-state index < -0.39 is 5.60 Å². The molecular weight excluding hydrogens is 378 g/mol. The summed E-state index contributed by atoms with van der Waals surface area (Å²) < 4.78 is 5.78. The van der Waals surface area contributed by atoms with E-state index in [0.29, 0.717) is 24.4 Å². The molecule has 1 aromatic rings. The molecule has 1 fully saturated rings. The van der Waals surface area contributed by atoms with Gasteiger partial charge in [-0.2, -0.15) is 0 Å². The maximum atomic E-state index is 13.3. The molecule has 160 valence electrons. The average Bonchev–Trinajstić information content (AvgIpc) is 2.67. The molecule has 3 rings (SSSR count). The van der Waals surface area contributed by atoms with Crippen LogP contribution >= 0.6 is 0 Å². The summed E-state index contributed by atoms with van der Waals surface area (Å²) in [6.45, 7) is 11.5. The SMILES string of the molecule is CC1=C(C(=O)OC(C)(C)C)C(c2ccccc2)C(N2CCN(C)C(=C=O)C2)=C(C)N1. The van der Waals surface area contributed by atoms with Crippen molar-refractivity contribution in [3.63, 3.8) is 0 Å². The molecule has 6 heteroatoms. The number of hydrogen-bond acceptors (Lipinski definition) is 6. The molecule has 30 heavy (non-hydrogen) atoms. The van der Waals surface area contributed by atoms with E-state index in [9.17, 15) is 9.59 Å². The zero-order chi connectivity index (χ0) is 22.1. The van der Waals surface area contributed by atoms with Crippen LogP contribution in [0.2, 0.25) is 0 Å². The maximum Gasteiger partial charge on any atom is 0.337 e. The van der Waals surface area contributed by atoms with Gasteiger partial charge in [-0.05, 0) is 40.2 Å². The van der Waals surface area contributed by atoms with Crippen molar-refractivity contribution in [3.8, 4) is 0 Å². The van der Waals surface area contributed by atoms with Crippen molar-refractivity contribution in [1.29, 1.82) is 0 Å². The van der Waals surface area contributed by atoms with E-state index in [-0.39, 0.29) is 11.9 Å². The quantitative estimate of drug-likeness (QED) is 0.611. The van der Waals surface area contributed by atoms with Crippen LogP contribution < -0.4 is 5.32 Å². The van der Waals surface area contributed by atoms with Crippen LogP contribution in [0.4, 0.5) is 0 Å². The van der Waals surface area contributed by atoms with Gasteiger partial charge in [-0.25, -0.2) is 9.59 Å². The molecule has 2 aliphatic heterocycles. The summed E-state index contributed by atoms with van der Waals surface area (Å²) in [7, 11) is 1.91. The molecule has 6 nitrogen and oxygen atoms in total. The number of nitrogens with one attached hydrogen (secondary N) is 1. The van der Waals surface area contributed by atoms with Crippen LogP contribution in [0.5, 0.6) is 0 Å². The van der Waals surface area contributed by atoms with Crippen LogP contribution in [0, 0.1) is 0 Å². The molecule has 2 aliphatic rings. The van der Waals surface area contributed by atoms with Gasteiger partial charge in [-0.1, -0.05) is 30.3 Å². The lowest BCUT2D eigenvalue weighted by molar-refractivity contribution is -0.150. The Kier molecular flexibility index (Phi) is 6.09. The van der Waals surface area contributed by atoms with Crippen LogP contribution in [-0.2, 0) is 14.3 Å². The zero-order valence-electron chi connectivity index (χ0n) is 18.7. The Morgan fingerprint density at radius 2 is 1.80 bits per heavy atom. The van der Waals surface area contributed by atoms with E-state index in [1.54, 1.807) is 0 Å². The summed E-state index contributed by atoms with van der Waals surface area (Å²) in [6, 6.07) is 9.99. The van der Waals surface area contributed by atoms with Crippen molar-refractivity contribution < 1.29 is 14.3 Å². The van der Waals surface area contributed by atoms with Crippen LogP contribution in [0.1, 0.15) is 46.1 Å². The van der Waals surface area contributed by atoms with Gasteiger partial charge in [0.2, 0.25) is 0 Å². The first kappa shape index (κ1) is 21.7. The van der Waals surface area contributed by atoms with E-state index in [2.05, 4.69) is 16.2 Å². The molecule has 0 aromatic heterocycles. The fourth-order valence-electron chi connectivity index (χ4n) is 4.08. The molecule has 0 bridgehead atoms. The minimum Gasteiger partial charge on any atom is -0.457 e. The molecule has 0 amide bonds. The number of rotatable bonds is 3. The second kappa shape index (κ2) is 8.41. The third-order valence-corrected chi connectivity index (χ3v) is 5.44. The van der Waals surface area contributed by atoms with Crippen molar-refractivity contribution in [3.05, 3.63) is 64.3 Å². The first-order chi connectivity index (χ1) is 14.1. The molecule has 1 unspecified atom stereocenters. The summed E-state index contributed by atoms with van der Waals surface area (Å²) in [6.07, 6.45) is 0. The summed E-state index contributed by atoms with van der Waals surface area (Å²) >= 11 is 0. The van der Waals surface area contributed by atoms with E-state index in [1.165, 1.54) is 0 Å². The Bertz CT molecular complexity index is 934. The van der Waals surface area contributed by atoms with Gasteiger partial charge in [0.1, 0.15) is 17.2 Å². The van der Waals surface area contributed by atoms with Gasteiger partial charge in [0, 0.05) is 37.2 Å². The van der Waals surface area contributed by atoms with Crippen LogP contribution in [0.15, 0.2) is 58.7 Å². The van der Waals surface area contributed by atoms with Gasteiger partial charge in [0.15, 0.2) is 0 Å². The highest BCUT2D eigenvalue weighted by atomic mass is 16.6. The number of benzene rings is 1. The Hall–Kier alpha value is -2.98. The monoisotopic (exact) mass is 409 g/mol. The highest BCUT2D eigenvalue weighted by molar-refractivity contribution is 5.92. The van der Waals surface area contributed by atoms with Crippen LogP contribution in [0.3, 0.4) is 0 Å². The molecule has 2 heterocycles. The minimum absolute atomic E-state index is 0.279. The number of dihydropyridines is 1. The Morgan fingerprint density at radius 1 is 1.13 bits per heavy atom. The predicted octanol–water partition coefficient (Wildman–Crippen LogP) is 3.18. The zero-order valence-corrected chi connectivity index (χ0v) is 18.7. The van der Waals surface area contributed by atoms with Crippen molar-refractivity contribution >= 4 is 11.9 Å². The first-order valence-electron chi connectivity index (χ1n) is 10.3. The summed E-state index contributed by atoms with van der Waals surface area (Å²) in [5, 5.41) is 3.38. The summed E-state index contributed by atoms with van der Waals surface area (Å²) in [5.74, 6) is 1.46. The number of carbonyl (C=O) groups excluding carboxylic acids is 2. The second-order valence-corrected chi connectivity index (χ2v) is 8.91. The number of likely N-dealkylation sites (N-methyl/N-ethyl adjacent to an activating group) is 1. The summed E-state index contributed by atoms with van der Waals surface area (Å²) in [4.78, 5) is 28.9. The smallest absolute Gasteiger partial charge is 0.337 e. The van der Waals surface area contributed by atoms with E-state index in [4.69, 9.17) is 4.74 Å². The normalized spacial score (nSPS) is 20.2. The number of hydrogen-bond donors (Lipinski definition) is 1. The molecule has 0 spiro atoms. The van der Waals surface area contributed by atoms with Crippen LogP contribution in [0.25, 0.3) is 0 Å². The van der Waals surface area contributed by atoms with Gasteiger partial charge in [0.05, 0.1) is 18.0 Å². The molecule has 1 atom stereocenters. The maximum absolute atomic E-state index is 13.3. The average molecular weight is 410 g/mol. The van der Waals surface area contributed by atoms with Crippen LogP contribution in [-0.4, -0.2) is 54.0 Å². The number of allylic oxidation sites excluding steroid dienone is 3. The minimum atomic E-state index is -0.594. The standard InChI is InChI=1S/C24H31N3O3/c1-16-20(23(29)30-24(3,4)5)21(18-10-8-7-9-11-18)22(17(2)25-16)27-13-12-26(6)19(14-27)15-28/h7-11,21,25H,12-14H2,1-6H3. The lowest BCUT2D eigenvalue weighted by Gasteiger charge is -2.42. The van der Waals surface area contributed by atoms with Crippen molar-refractivity contribution in [2.24, 2.45) is 0 Å². The van der Waals surface area contributed by atoms with Crippen molar-refractivity contribution in [2.45, 2.75) is 46.1 Å². The van der Waals surface area contributed by atoms with E-state index >= 15 is 0 Å². The van der Waals surface area contributed by atoms with Crippen molar-refractivity contribution in [1.82, 2.24) is 15.1 Å². The molecule has 0 radical (unpaired) electrons.